The van der Waals surface area contributed by atoms with Crippen molar-refractivity contribution in [2.24, 2.45) is 11.7 Å². The third-order valence-corrected chi connectivity index (χ3v) is 2.83. The molecule has 86 valence electrons. The molecule has 0 aliphatic heterocycles. The van der Waals surface area contributed by atoms with E-state index in [1.807, 2.05) is 18.3 Å². The molecule has 16 heavy (non-hydrogen) atoms. The standard InChI is InChI=1S/C12H18N4/c1-3-16-11(7-9(2)8-13)15-10-5-4-6-14-12(10)16/h4-6,9H,3,7-8,13H2,1-2H3. The first kappa shape index (κ1) is 11.1. The molecule has 0 saturated heterocycles. The molecule has 2 heterocycles. The highest BCUT2D eigenvalue weighted by Gasteiger charge is 2.12. The van der Waals surface area contributed by atoms with Gasteiger partial charge in [-0.1, -0.05) is 6.92 Å². The summed E-state index contributed by atoms with van der Waals surface area (Å²) >= 11 is 0. The van der Waals surface area contributed by atoms with Gasteiger partial charge >= 0.3 is 0 Å². The fourth-order valence-electron chi connectivity index (χ4n) is 1.89. The SMILES string of the molecule is CCn1c(CC(C)CN)nc2cccnc21. The largest absolute Gasteiger partial charge is 0.330 e. The zero-order valence-electron chi connectivity index (χ0n) is 9.85. The molecule has 2 N–H and O–H groups in total. The maximum atomic E-state index is 5.65. The Morgan fingerprint density at radius 2 is 2.31 bits per heavy atom. The second kappa shape index (κ2) is 4.61. The highest BCUT2D eigenvalue weighted by atomic mass is 15.1. The summed E-state index contributed by atoms with van der Waals surface area (Å²) in [7, 11) is 0. The average molecular weight is 218 g/mol. The van der Waals surface area contributed by atoms with Crippen molar-refractivity contribution in [3.63, 3.8) is 0 Å². The van der Waals surface area contributed by atoms with Crippen LogP contribution < -0.4 is 5.73 Å². The number of nitrogens with zero attached hydrogens (tertiary/aromatic N) is 3. The van der Waals surface area contributed by atoms with E-state index in [0.717, 1.165) is 30.0 Å². The van der Waals surface area contributed by atoms with Gasteiger partial charge in [0, 0.05) is 19.2 Å². The summed E-state index contributed by atoms with van der Waals surface area (Å²) in [5.41, 5.74) is 7.60. The van der Waals surface area contributed by atoms with Crippen molar-refractivity contribution >= 4 is 11.2 Å². The van der Waals surface area contributed by atoms with Crippen molar-refractivity contribution in [2.45, 2.75) is 26.8 Å². The van der Waals surface area contributed by atoms with Crippen molar-refractivity contribution in [3.8, 4) is 0 Å². The maximum absolute atomic E-state index is 5.65. The van der Waals surface area contributed by atoms with Gasteiger partial charge in [-0.15, -0.1) is 0 Å². The number of nitrogens with two attached hydrogens (primary N) is 1. The molecule has 0 spiro atoms. The molecule has 2 rings (SSSR count). The smallest absolute Gasteiger partial charge is 0.159 e. The van der Waals surface area contributed by atoms with E-state index in [9.17, 15) is 0 Å². The van der Waals surface area contributed by atoms with Crippen LogP contribution in [0.4, 0.5) is 0 Å². The number of aryl methyl sites for hydroxylation is 1. The van der Waals surface area contributed by atoms with E-state index in [1.54, 1.807) is 0 Å². The average Bonchev–Trinajstić information content (AvgIpc) is 2.65. The van der Waals surface area contributed by atoms with E-state index in [1.165, 1.54) is 0 Å². The van der Waals surface area contributed by atoms with Gasteiger partial charge in [0.1, 0.15) is 11.3 Å². The number of hydrogen-bond donors (Lipinski definition) is 1. The second-order valence-electron chi connectivity index (χ2n) is 4.16. The quantitative estimate of drug-likeness (QED) is 0.847. The van der Waals surface area contributed by atoms with Crippen molar-refractivity contribution in [1.29, 1.82) is 0 Å². The predicted molar refractivity (Wildman–Crippen MR) is 65.1 cm³/mol. The summed E-state index contributed by atoms with van der Waals surface area (Å²) in [5.74, 6) is 1.55. The molecule has 0 fully saturated rings. The molecule has 0 amide bonds. The summed E-state index contributed by atoms with van der Waals surface area (Å²) in [6.45, 7) is 5.86. The summed E-state index contributed by atoms with van der Waals surface area (Å²) in [6, 6.07) is 3.93. The maximum Gasteiger partial charge on any atom is 0.159 e. The van der Waals surface area contributed by atoms with Crippen LogP contribution in [0.25, 0.3) is 11.2 Å². The normalized spacial score (nSPS) is 13.2. The highest BCUT2D eigenvalue weighted by molar-refractivity contribution is 5.71. The van der Waals surface area contributed by atoms with Crippen LogP contribution >= 0.6 is 0 Å². The van der Waals surface area contributed by atoms with Crippen LogP contribution in [-0.2, 0) is 13.0 Å². The van der Waals surface area contributed by atoms with Crippen LogP contribution in [0.5, 0.6) is 0 Å². The lowest BCUT2D eigenvalue weighted by atomic mass is 10.1. The van der Waals surface area contributed by atoms with E-state index in [2.05, 4.69) is 28.4 Å². The summed E-state index contributed by atoms with van der Waals surface area (Å²) in [6.07, 6.45) is 2.73. The Morgan fingerprint density at radius 3 is 3.00 bits per heavy atom. The van der Waals surface area contributed by atoms with Crippen molar-refractivity contribution < 1.29 is 0 Å². The van der Waals surface area contributed by atoms with Gasteiger partial charge in [0.2, 0.25) is 0 Å². The minimum absolute atomic E-state index is 0.460. The molecule has 0 saturated carbocycles. The minimum Gasteiger partial charge on any atom is -0.330 e. The van der Waals surface area contributed by atoms with Gasteiger partial charge in [0.05, 0.1) is 0 Å². The Morgan fingerprint density at radius 1 is 1.50 bits per heavy atom. The molecule has 1 atom stereocenters. The molecule has 0 aromatic carbocycles. The van der Waals surface area contributed by atoms with E-state index in [0.29, 0.717) is 12.5 Å². The Bertz CT molecular complexity index is 475. The Kier molecular flexibility index (Phi) is 3.19. The van der Waals surface area contributed by atoms with Crippen LogP contribution in [-0.4, -0.2) is 21.1 Å². The van der Waals surface area contributed by atoms with Crippen molar-refractivity contribution in [2.75, 3.05) is 6.54 Å². The number of pyridine rings is 1. The van der Waals surface area contributed by atoms with Gasteiger partial charge in [0.25, 0.3) is 0 Å². The number of aromatic nitrogens is 3. The third kappa shape index (κ3) is 1.93. The molecule has 0 aliphatic rings. The topological polar surface area (TPSA) is 56.7 Å². The molecule has 2 aromatic rings. The molecule has 4 heteroatoms. The third-order valence-electron chi connectivity index (χ3n) is 2.83. The number of hydrogen-bond acceptors (Lipinski definition) is 3. The minimum atomic E-state index is 0.460. The van der Waals surface area contributed by atoms with Gasteiger partial charge < -0.3 is 10.3 Å². The van der Waals surface area contributed by atoms with Gasteiger partial charge in [0.15, 0.2) is 5.65 Å². The fraction of sp³-hybridized carbons (Fsp3) is 0.500. The van der Waals surface area contributed by atoms with E-state index < -0.39 is 0 Å². The lowest BCUT2D eigenvalue weighted by molar-refractivity contribution is 0.552. The Labute approximate surface area is 95.5 Å². The van der Waals surface area contributed by atoms with E-state index >= 15 is 0 Å². The molecular formula is C12H18N4. The zero-order chi connectivity index (χ0) is 11.5. The number of fused-ring (bicyclic) bond motifs is 1. The van der Waals surface area contributed by atoms with Crippen LogP contribution in [0.2, 0.25) is 0 Å². The number of imidazole rings is 1. The first-order chi connectivity index (χ1) is 7.76. The van der Waals surface area contributed by atoms with Crippen molar-refractivity contribution in [3.05, 3.63) is 24.2 Å². The summed E-state index contributed by atoms with van der Waals surface area (Å²) in [5, 5.41) is 0. The van der Waals surface area contributed by atoms with Gasteiger partial charge in [-0.05, 0) is 31.5 Å². The monoisotopic (exact) mass is 218 g/mol. The van der Waals surface area contributed by atoms with Gasteiger partial charge in [-0.2, -0.15) is 0 Å². The Hall–Kier alpha value is -1.42. The summed E-state index contributed by atoms with van der Waals surface area (Å²) < 4.78 is 2.17. The number of rotatable bonds is 4. The van der Waals surface area contributed by atoms with Gasteiger partial charge in [-0.3, -0.25) is 0 Å². The molecule has 0 aliphatic carbocycles. The second-order valence-corrected chi connectivity index (χ2v) is 4.16. The van der Waals surface area contributed by atoms with Gasteiger partial charge in [-0.25, -0.2) is 9.97 Å². The van der Waals surface area contributed by atoms with Crippen LogP contribution in [0.3, 0.4) is 0 Å². The summed E-state index contributed by atoms with van der Waals surface area (Å²) in [4.78, 5) is 8.99. The first-order valence-electron chi connectivity index (χ1n) is 5.76. The van der Waals surface area contributed by atoms with Crippen LogP contribution in [0.1, 0.15) is 19.7 Å². The highest BCUT2D eigenvalue weighted by Crippen LogP contribution is 2.15. The first-order valence-corrected chi connectivity index (χ1v) is 5.76. The lowest BCUT2D eigenvalue weighted by Crippen LogP contribution is -2.16. The molecule has 1 unspecified atom stereocenters. The molecule has 2 aromatic heterocycles. The van der Waals surface area contributed by atoms with Crippen LogP contribution in [0, 0.1) is 5.92 Å². The molecule has 4 nitrogen and oxygen atoms in total. The lowest BCUT2D eigenvalue weighted by Gasteiger charge is -2.09. The van der Waals surface area contributed by atoms with E-state index in [-0.39, 0.29) is 0 Å². The predicted octanol–water partition coefficient (Wildman–Crippen LogP) is 1.59. The van der Waals surface area contributed by atoms with Crippen molar-refractivity contribution in [1.82, 2.24) is 14.5 Å². The zero-order valence-corrected chi connectivity index (χ0v) is 9.85. The van der Waals surface area contributed by atoms with Crippen LogP contribution in [0.15, 0.2) is 18.3 Å². The molecular weight excluding hydrogens is 200 g/mol. The molecule has 0 bridgehead atoms. The fourth-order valence-corrected chi connectivity index (χ4v) is 1.89. The van der Waals surface area contributed by atoms with E-state index in [4.69, 9.17) is 5.73 Å². The Balaban J connectivity index is 2.44. The molecule has 0 radical (unpaired) electrons.